The van der Waals surface area contributed by atoms with Gasteiger partial charge in [0.2, 0.25) is 0 Å². The molecular formula is C73H138Cl8Mn4N20O2. The van der Waals surface area contributed by atoms with Gasteiger partial charge in [-0.05, 0) is 95.0 Å². The largest absolute Gasteiger partial charge is 0.489 e. The molecule has 6 aliphatic rings. The Kier molecular flexibility index (Phi) is 74.6. The number of para-hydroxylation sites is 2. The van der Waals surface area contributed by atoms with E-state index in [1.165, 1.54) is 62.5 Å². The van der Waals surface area contributed by atoms with Crippen LogP contribution in [0.25, 0.3) is 0 Å². The summed E-state index contributed by atoms with van der Waals surface area (Å²) in [4.78, 5) is 0. The summed E-state index contributed by atoms with van der Waals surface area (Å²) in [7, 11) is 38.4. The van der Waals surface area contributed by atoms with E-state index in [0.29, 0.717) is 72.8 Å². The number of nitrogens with one attached hydrogen (secondary N) is 20. The van der Waals surface area contributed by atoms with E-state index >= 15 is 0 Å². The van der Waals surface area contributed by atoms with E-state index in [9.17, 15) is 5.11 Å². The van der Waals surface area contributed by atoms with Crippen molar-refractivity contribution in [1.29, 1.82) is 0 Å². The van der Waals surface area contributed by atoms with Crippen LogP contribution in [0.3, 0.4) is 0 Å². The third-order valence-electron chi connectivity index (χ3n) is 18.7. The van der Waals surface area contributed by atoms with Gasteiger partial charge >= 0.3 is 133 Å². The Balaban J connectivity index is 0.000000465. The average molecular weight is 1830 g/mol. The zero-order valence-electron chi connectivity index (χ0n) is 64.2. The summed E-state index contributed by atoms with van der Waals surface area (Å²) in [6, 6.07) is 31.7. The molecule has 2 aliphatic carbocycles. The Morgan fingerprint density at radius 3 is 0.991 bits per heavy atom. The predicted octanol–water partition coefficient (Wildman–Crippen LogP) is 5.98. The predicted molar refractivity (Wildman–Crippen MR) is 446 cm³/mol. The number of hydrogen-bond donors (Lipinski definition) is 21. The van der Waals surface area contributed by atoms with Gasteiger partial charge in [-0.2, -0.15) is 0 Å². The van der Waals surface area contributed by atoms with Gasteiger partial charge in [0.1, 0.15) is 18.1 Å². The normalized spacial score (nSPS) is 26.1. The zero-order valence-corrected chi connectivity index (χ0v) is 74.9. The van der Waals surface area contributed by atoms with Gasteiger partial charge in [-0.25, -0.2) is 0 Å². The molecule has 5 unspecified atom stereocenters. The first-order chi connectivity index (χ1) is 52.4. The molecule has 0 radical (unpaired) electrons. The van der Waals surface area contributed by atoms with E-state index in [1.807, 2.05) is 24.3 Å². The molecule has 4 aliphatic heterocycles. The van der Waals surface area contributed by atoms with Gasteiger partial charge in [0.25, 0.3) is 0 Å². The van der Waals surface area contributed by atoms with Gasteiger partial charge in [0.05, 0.1) is 0 Å². The van der Waals surface area contributed by atoms with Gasteiger partial charge in [-0.15, -0.1) is 0 Å². The van der Waals surface area contributed by atoms with E-state index in [1.54, 1.807) is 6.07 Å². The fraction of sp³-hybridized carbons (Fsp3) is 0.753. The van der Waals surface area contributed by atoms with Crippen molar-refractivity contribution < 1.29 is 62.4 Å². The molecule has 21 N–H and O–H groups in total. The number of benzene rings is 3. The van der Waals surface area contributed by atoms with Gasteiger partial charge in [0, 0.05) is 257 Å². The zero-order chi connectivity index (χ0) is 77.5. The minimum Gasteiger partial charge on any atom is -0.489 e. The van der Waals surface area contributed by atoms with E-state index in [-0.39, 0.29) is 52.5 Å². The average Bonchev–Trinajstić information content (AvgIpc) is 1.66. The molecule has 0 bridgehead atoms. The van der Waals surface area contributed by atoms with E-state index in [4.69, 9.17) is 85.5 Å². The standard InChI is InChI=1S/C24H37N5O.C18H37N5.C17H31N5O.C14H33N5.8ClH.4Mn/c1-2-6-21(7-3-1)20-30-24-9-5-4-8-22(24)18-23-19-28-15-14-26-11-10-25-12-13-27-16-17-29-23;1-3-7-17-15(5-1)20-11-9-19-10-12-21-16-6-2-4-8-18(16)23-14-13-22-17;23-17-4-2-1-3-15(17)13-16-14-21-10-9-19-6-5-18-7-8-20-11-12-22-16;1-11-7-15-5-6-16-12(2)8-18-14(4)10-19-13(3)9-17-11;;;;;;;;;;;;/h1-9,23,25-29H,10-20H2;15-23H,1-14H2;1-4,16,18-23H,5-14H2;11-19H,5-10H2,1-4H3;8*1H;;;;/q;;;;;;;;;;;;4*+2/p-8/t;15-,16?,17?,18?;;11-,12+,13+,14-;;;;;;;;;;;;/m.1.1............/s1. The molecule has 3 aromatic carbocycles. The Hall–Kier alpha value is 0.858. The number of rotatable bonds is 7. The summed E-state index contributed by atoms with van der Waals surface area (Å²) in [5.74, 6) is 1.36. The van der Waals surface area contributed by atoms with Crippen molar-refractivity contribution in [2.75, 3.05) is 196 Å². The number of hydrogen-bond acceptors (Lipinski definition) is 22. The van der Waals surface area contributed by atoms with Gasteiger partial charge in [0.15, 0.2) is 0 Å². The van der Waals surface area contributed by atoms with Crippen LogP contribution in [0.5, 0.6) is 11.5 Å². The summed E-state index contributed by atoms with van der Waals surface area (Å²) in [6.45, 7) is 39.8. The summed E-state index contributed by atoms with van der Waals surface area (Å²) < 4.78 is 6.17. The van der Waals surface area contributed by atoms with Crippen LogP contribution in [0.2, 0.25) is 0 Å². The second kappa shape index (κ2) is 76.8. The van der Waals surface area contributed by atoms with Gasteiger partial charge in [-0.3, -0.25) is 0 Å². The Labute approximate surface area is 705 Å². The van der Waals surface area contributed by atoms with Crippen molar-refractivity contribution in [1.82, 2.24) is 106 Å². The van der Waals surface area contributed by atoms with Crippen LogP contribution in [0, 0.1) is 0 Å². The van der Waals surface area contributed by atoms with Crippen LogP contribution in [-0.4, -0.2) is 262 Å². The van der Waals surface area contributed by atoms with E-state index < -0.39 is 0 Å². The molecule has 22 nitrogen and oxygen atoms in total. The van der Waals surface area contributed by atoms with Crippen molar-refractivity contribution in [2.45, 2.75) is 159 Å². The van der Waals surface area contributed by atoms with Crippen molar-refractivity contribution in [3.05, 3.63) is 95.6 Å². The van der Waals surface area contributed by atoms with Crippen LogP contribution in [-0.2, 0) is 72.0 Å². The molecule has 10 atom stereocenters. The van der Waals surface area contributed by atoms with Gasteiger partial charge < -0.3 is 116 Å². The maximum atomic E-state index is 9.97. The quantitative estimate of drug-likeness (QED) is 0.121. The summed E-state index contributed by atoms with van der Waals surface area (Å²) in [5, 5.41) is 81.5. The maximum Gasteiger partial charge on any atom is 0.123 e. The van der Waals surface area contributed by atoms with Gasteiger partial charge in [-0.1, -0.05) is 92.4 Å². The summed E-state index contributed by atoms with van der Waals surface area (Å²) in [5.41, 5.74) is 3.44. The monoisotopic (exact) mass is 1830 g/mol. The molecule has 0 spiro atoms. The van der Waals surface area contributed by atoms with Crippen LogP contribution >= 0.6 is 80.8 Å². The fourth-order valence-corrected chi connectivity index (χ4v) is 13.0. The summed E-state index contributed by atoms with van der Waals surface area (Å²) in [6.07, 6.45) is 12.6. The number of phenolic OH excluding ortho intramolecular Hbond substituents is 1. The number of ether oxygens (including phenoxy) is 1. The van der Waals surface area contributed by atoms with Crippen LogP contribution in [0.1, 0.15) is 95.8 Å². The molecule has 626 valence electrons. The fourth-order valence-electron chi connectivity index (χ4n) is 13.0. The van der Waals surface area contributed by atoms with Crippen LogP contribution in [0.15, 0.2) is 78.9 Å². The first-order valence-electron chi connectivity index (χ1n) is 38.9. The molecule has 4 saturated heterocycles. The number of fused-ring (bicyclic) bond motifs is 2. The molecule has 6 fully saturated rings. The van der Waals surface area contributed by atoms with E-state index in [2.05, 4.69) is 183 Å². The minimum absolute atomic E-state index is 0.00694. The molecule has 3 aromatic rings. The molecule has 2 saturated carbocycles. The van der Waals surface area contributed by atoms with Crippen molar-refractivity contribution in [2.24, 2.45) is 0 Å². The SMILES string of the molecule is C1CCC2NCCNC3CCCC[C@H]3NCCNCCNC2C1.C[C@@H]1CNCCN[C@@H](C)CN[C@H](C)CN[C@@H](C)CN1.Oc1ccccc1CC1CNCCNCCNCCNCCN1.[Cl][Mn][Cl].[Cl][Mn][Cl].[Cl][Mn][Cl].[Cl][Mn][Cl].c1ccc(COc2ccccc2CC2CNCCNCCNCCNCCN2)cc1. The first kappa shape index (κ1) is 104. The van der Waals surface area contributed by atoms with Crippen molar-refractivity contribution in [3.63, 3.8) is 0 Å². The number of halogens is 8. The van der Waals surface area contributed by atoms with Crippen LogP contribution in [0.4, 0.5) is 0 Å². The molecular weight excluding hydrogens is 1690 g/mol. The molecule has 4 heterocycles. The molecule has 0 amide bonds. The first-order valence-corrected chi connectivity index (χ1v) is 51.8. The Morgan fingerprint density at radius 2 is 0.589 bits per heavy atom. The summed E-state index contributed by atoms with van der Waals surface area (Å²) >= 11 is 0.0278. The van der Waals surface area contributed by atoms with Crippen molar-refractivity contribution in [3.8, 4) is 11.5 Å². The minimum atomic E-state index is 0.00694. The van der Waals surface area contributed by atoms with E-state index in [0.717, 1.165) is 220 Å². The molecule has 0 aromatic heterocycles. The number of phenols is 1. The second-order valence-corrected chi connectivity index (χ2v) is 35.2. The Morgan fingerprint density at radius 1 is 0.308 bits per heavy atom. The third-order valence-corrected chi connectivity index (χ3v) is 18.7. The maximum absolute atomic E-state index is 9.97. The van der Waals surface area contributed by atoms with Crippen LogP contribution < -0.4 is 111 Å². The molecule has 9 rings (SSSR count). The molecule has 34 heteroatoms. The number of aromatic hydroxyl groups is 1. The smallest absolute Gasteiger partial charge is 0.123 e. The topological polar surface area (TPSA) is 270 Å². The Bertz CT molecular complexity index is 2310. The third kappa shape index (κ3) is 60.1. The van der Waals surface area contributed by atoms with Crippen molar-refractivity contribution >= 4 is 80.8 Å². The molecule has 107 heavy (non-hydrogen) atoms. The second-order valence-electron chi connectivity index (χ2n) is 27.4.